The van der Waals surface area contributed by atoms with Crippen molar-refractivity contribution in [1.29, 1.82) is 0 Å². The predicted octanol–water partition coefficient (Wildman–Crippen LogP) is 2.48. The van der Waals surface area contributed by atoms with E-state index in [2.05, 4.69) is 49.4 Å². The second kappa shape index (κ2) is 7.65. The van der Waals surface area contributed by atoms with Gasteiger partial charge in [0.1, 0.15) is 5.75 Å². The summed E-state index contributed by atoms with van der Waals surface area (Å²) in [5.74, 6) is 1.09. The van der Waals surface area contributed by atoms with Gasteiger partial charge in [0.05, 0.1) is 6.61 Å². The maximum atomic E-state index is 5.57. The molecule has 20 heavy (non-hydrogen) atoms. The summed E-state index contributed by atoms with van der Waals surface area (Å²) in [7, 11) is 4.29. The minimum atomic E-state index is 0.578. The van der Waals surface area contributed by atoms with Gasteiger partial charge >= 0.3 is 0 Å². The minimum Gasteiger partial charge on any atom is -0.493 e. The highest BCUT2D eigenvalue weighted by Crippen LogP contribution is 2.26. The third-order valence-electron chi connectivity index (χ3n) is 3.80. The molecular weight excluding hydrogens is 248 g/mol. The molecule has 1 unspecified atom stereocenters. The van der Waals surface area contributed by atoms with E-state index in [1.165, 1.54) is 24.0 Å². The topological polar surface area (TPSA) is 24.5 Å². The van der Waals surface area contributed by atoms with Gasteiger partial charge in [-0.2, -0.15) is 0 Å². The number of ether oxygens (including phenoxy) is 1. The lowest BCUT2D eigenvalue weighted by Crippen LogP contribution is -2.39. The lowest BCUT2D eigenvalue weighted by atomic mass is 10.0. The smallest absolute Gasteiger partial charge is 0.122 e. The van der Waals surface area contributed by atoms with Crippen molar-refractivity contribution in [3.8, 4) is 5.75 Å². The summed E-state index contributed by atoms with van der Waals surface area (Å²) >= 11 is 0. The molecule has 0 spiro atoms. The van der Waals surface area contributed by atoms with E-state index in [4.69, 9.17) is 4.74 Å². The first kappa shape index (κ1) is 15.3. The number of hydrogen-bond acceptors (Lipinski definition) is 3. The molecule has 1 aromatic carbocycles. The molecule has 3 heteroatoms. The van der Waals surface area contributed by atoms with Gasteiger partial charge in [-0.15, -0.1) is 0 Å². The second-order valence-corrected chi connectivity index (χ2v) is 5.99. The fourth-order valence-electron chi connectivity index (χ4n) is 2.78. The van der Waals surface area contributed by atoms with E-state index in [9.17, 15) is 0 Å². The number of nitrogens with zero attached hydrogens (tertiary/aromatic N) is 1. The molecular formula is C17H28N2O. The third-order valence-corrected chi connectivity index (χ3v) is 3.80. The average molecular weight is 276 g/mol. The number of fused-ring (bicyclic) bond motifs is 1. The van der Waals surface area contributed by atoms with Gasteiger partial charge in [0.2, 0.25) is 0 Å². The number of aryl methyl sites for hydroxylation is 1. The highest BCUT2D eigenvalue weighted by Gasteiger charge is 2.13. The molecule has 0 aliphatic carbocycles. The van der Waals surface area contributed by atoms with Gasteiger partial charge in [-0.25, -0.2) is 0 Å². The number of rotatable bonds is 8. The molecule has 3 nitrogen and oxygen atoms in total. The van der Waals surface area contributed by atoms with Crippen LogP contribution in [0.15, 0.2) is 18.2 Å². The van der Waals surface area contributed by atoms with E-state index in [1.54, 1.807) is 0 Å². The van der Waals surface area contributed by atoms with Gasteiger partial charge in [0.25, 0.3) is 0 Å². The van der Waals surface area contributed by atoms with Crippen LogP contribution in [0.3, 0.4) is 0 Å². The highest BCUT2D eigenvalue weighted by molar-refractivity contribution is 5.39. The number of nitrogens with one attached hydrogen (secondary N) is 1. The molecule has 0 aromatic heterocycles. The van der Waals surface area contributed by atoms with Gasteiger partial charge < -0.3 is 15.0 Å². The zero-order valence-corrected chi connectivity index (χ0v) is 13.1. The zero-order valence-electron chi connectivity index (χ0n) is 13.1. The van der Waals surface area contributed by atoms with Crippen molar-refractivity contribution in [3.63, 3.8) is 0 Å². The molecule has 112 valence electrons. The molecule has 0 saturated heterocycles. The van der Waals surface area contributed by atoms with Crippen molar-refractivity contribution >= 4 is 0 Å². The Hall–Kier alpha value is -1.06. The summed E-state index contributed by atoms with van der Waals surface area (Å²) in [5, 5.41) is 3.66. The number of likely N-dealkylation sites (N-methyl/N-ethyl adjacent to an activating group) is 1. The van der Waals surface area contributed by atoms with Crippen LogP contribution in [-0.2, 0) is 12.8 Å². The third kappa shape index (κ3) is 4.50. The Morgan fingerprint density at radius 2 is 2.20 bits per heavy atom. The Balaban J connectivity index is 1.87. The lowest BCUT2D eigenvalue weighted by Gasteiger charge is -2.22. The zero-order chi connectivity index (χ0) is 14.4. The van der Waals surface area contributed by atoms with Crippen LogP contribution < -0.4 is 10.1 Å². The molecule has 1 aliphatic heterocycles. The fourth-order valence-corrected chi connectivity index (χ4v) is 2.78. The molecule has 2 rings (SSSR count). The molecule has 0 radical (unpaired) electrons. The van der Waals surface area contributed by atoms with E-state index < -0.39 is 0 Å². The fraction of sp³-hybridized carbons (Fsp3) is 0.647. The average Bonchev–Trinajstić information content (AvgIpc) is 2.88. The van der Waals surface area contributed by atoms with E-state index in [0.29, 0.717) is 6.04 Å². The molecule has 1 aromatic rings. The monoisotopic (exact) mass is 276 g/mol. The largest absolute Gasteiger partial charge is 0.493 e. The predicted molar refractivity (Wildman–Crippen MR) is 84.6 cm³/mol. The first-order valence-corrected chi connectivity index (χ1v) is 7.81. The normalized spacial score (nSPS) is 15.2. The van der Waals surface area contributed by atoms with Crippen molar-refractivity contribution in [2.45, 2.75) is 38.6 Å². The summed E-state index contributed by atoms with van der Waals surface area (Å²) in [6, 6.07) is 7.26. The van der Waals surface area contributed by atoms with E-state index in [1.807, 2.05) is 0 Å². The Bertz CT molecular complexity index is 417. The van der Waals surface area contributed by atoms with Crippen LogP contribution in [0.2, 0.25) is 0 Å². The summed E-state index contributed by atoms with van der Waals surface area (Å²) in [4.78, 5) is 2.27. The van der Waals surface area contributed by atoms with Gasteiger partial charge in [0.15, 0.2) is 0 Å². The first-order valence-electron chi connectivity index (χ1n) is 7.81. The van der Waals surface area contributed by atoms with Crippen LogP contribution in [0.25, 0.3) is 0 Å². The molecule has 1 aliphatic rings. The summed E-state index contributed by atoms with van der Waals surface area (Å²) in [5.41, 5.74) is 2.82. The Labute approximate surface area is 123 Å². The van der Waals surface area contributed by atoms with Crippen molar-refractivity contribution in [2.75, 3.05) is 33.8 Å². The van der Waals surface area contributed by atoms with Gasteiger partial charge in [0, 0.05) is 19.0 Å². The van der Waals surface area contributed by atoms with Crippen LogP contribution in [0, 0.1) is 0 Å². The molecule has 0 bridgehead atoms. The van der Waals surface area contributed by atoms with Crippen LogP contribution in [0.5, 0.6) is 5.75 Å². The first-order chi connectivity index (χ1) is 9.69. The van der Waals surface area contributed by atoms with Gasteiger partial charge in [-0.3, -0.25) is 0 Å². The van der Waals surface area contributed by atoms with Crippen molar-refractivity contribution < 1.29 is 4.74 Å². The lowest BCUT2D eigenvalue weighted by molar-refractivity contribution is 0.326. The van der Waals surface area contributed by atoms with Crippen LogP contribution in [0.1, 0.15) is 30.9 Å². The van der Waals surface area contributed by atoms with Crippen LogP contribution in [0.4, 0.5) is 0 Å². The number of hydrogen-bond donors (Lipinski definition) is 1. The van der Waals surface area contributed by atoms with Gasteiger partial charge in [-0.05, 0) is 57.1 Å². The van der Waals surface area contributed by atoms with Crippen molar-refractivity contribution in [3.05, 3.63) is 29.3 Å². The SMILES string of the molecule is CCCNC(CCc1ccc2c(c1)CCO2)CN(C)C. The second-order valence-electron chi connectivity index (χ2n) is 5.99. The molecule has 1 atom stereocenters. The Morgan fingerprint density at radius 3 is 2.95 bits per heavy atom. The summed E-state index contributed by atoms with van der Waals surface area (Å²) < 4.78 is 5.57. The maximum absolute atomic E-state index is 5.57. The van der Waals surface area contributed by atoms with Gasteiger partial charge in [-0.1, -0.05) is 19.1 Å². The quantitative estimate of drug-likeness (QED) is 0.789. The Kier molecular flexibility index (Phi) is 5.86. The Morgan fingerprint density at radius 1 is 1.35 bits per heavy atom. The van der Waals surface area contributed by atoms with E-state index in [0.717, 1.165) is 38.3 Å². The summed E-state index contributed by atoms with van der Waals surface area (Å²) in [6.45, 7) is 5.28. The van der Waals surface area contributed by atoms with Crippen molar-refractivity contribution in [2.24, 2.45) is 0 Å². The molecule has 0 saturated carbocycles. The standard InChI is InChI=1S/C17H28N2O/c1-4-10-18-16(13-19(2)3)7-5-14-6-8-17-15(12-14)9-11-20-17/h6,8,12,16,18H,4-5,7,9-11,13H2,1-3H3. The molecule has 0 fully saturated rings. The van der Waals surface area contributed by atoms with E-state index >= 15 is 0 Å². The molecule has 0 amide bonds. The van der Waals surface area contributed by atoms with Crippen LogP contribution in [-0.4, -0.2) is 44.7 Å². The minimum absolute atomic E-state index is 0.578. The number of benzene rings is 1. The molecule has 1 N–H and O–H groups in total. The van der Waals surface area contributed by atoms with E-state index in [-0.39, 0.29) is 0 Å². The highest BCUT2D eigenvalue weighted by atomic mass is 16.5. The summed E-state index contributed by atoms with van der Waals surface area (Å²) in [6.07, 6.45) is 4.60. The maximum Gasteiger partial charge on any atom is 0.122 e. The van der Waals surface area contributed by atoms with Crippen LogP contribution >= 0.6 is 0 Å². The van der Waals surface area contributed by atoms with Crippen molar-refractivity contribution in [1.82, 2.24) is 10.2 Å². The molecule has 1 heterocycles.